The van der Waals surface area contributed by atoms with E-state index in [0.29, 0.717) is 16.5 Å². The van der Waals surface area contributed by atoms with E-state index in [1.807, 2.05) is 12.1 Å². The summed E-state index contributed by atoms with van der Waals surface area (Å²) in [5.74, 6) is 0.949. The number of anilines is 3. The summed E-state index contributed by atoms with van der Waals surface area (Å²) in [6.07, 6.45) is 1.02. The fourth-order valence-electron chi connectivity index (χ4n) is 1.58. The summed E-state index contributed by atoms with van der Waals surface area (Å²) < 4.78 is 13.6. The summed E-state index contributed by atoms with van der Waals surface area (Å²) in [4.78, 5) is 4.35. The van der Waals surface area contributed by atoms with Gasteiger partial charge in [0.1, 0.15) is 17.5 Å². The number of pyridine rings is 1. The molecule has 2 rings (SSSR count). The van der Waals surface area contributed by atoms with Crippen LogP contribution in [0.5, 0.6) is 0 Å². The van der Waals surface area contributed by atoms with Crippen LogP contribution in [0.15, 0.2) is 36.4 Å². The highest BCUT2D eigenvalue weighted by Crippen LogP contribution is 2.22. The van der Waals surface area contributed by atoms with E-state index in [1.54, 1.807) is 18.2 Å². The van der Waals surface area contributed by atoms with Crippen molar-refractivity contribution in [3.05, 3.63) is 47.2 Å². The molecule has 0 aliphatic carbocycles. The topological polar surface area (TPSA) is 37.0 Å². The molecule has 0 atom stereocenters. The minimum Gasteiger partial charge on any atom is -0.370 e. The van der Waals surface area contributed by atoms with Gasteiger partial charge in [0.15, 0.2) is 0 Å². The van der Waals surface area contributed by atoms with Gasteiger partial charge >= 0.3 is 0 Å². The Morgan fingerprint density at radius 1 is 1.21 bits per heavy atom. The first-order chi connectivity index (χ1) is 9.19. The zero-order valence-corrected chi connectivity index (χ0v) is 11.3. The van der Waals surface area contributed by atoms with Crippen LogP contribution in [-0.2, 0) is 0 Å². The van der Waals surface area contributed by atoms with E-state index in [0.717, 1.165) is 18.8 Å². The predicted molar refractivity (Wildman–Crippen MR) is 77.7 cm³/mol. The Balaban J connectivity index is 2.14. The van der Waals surface area contributed by atoms with Crippen LogP contribution in [0, 0.1) is 5.82 Å². The Hall–Kier alpha value is -1.81. The highest BCUT2D eigenvalue weighted by molar-refractivity contribution is 6.30. The average molecular weight is 280 g/mol. The number of hydrogen-bond acceptors (Lipinski definition) is 3. The SMILES string of the molecule is CCCNc1cccc(Nc2ccc(Cl)cc2F)n1. The number of halogens is 2. The van der Waals surface area contributed by atoms with Crippen LogP contribution in [0.25, 0.3) is 0 Å². The lowest BCUT2D eigenvalue weighted by Crippen LogP contribution is -2.03. The van der Waals surface area contributed by atoms with E-state index in [-0.39, 0.29) is 0 Å². The molecule has 0 radical (unpaired) electrons. The summed E-state index contributed by atoms with van der Waals surface area (Å²) >= 11 is 5.71. The number of benzene rings is 1. The first-order valence-corrected chi connectivity index (χ1v) is 6.50. The molecule has 0 aliphatic heterocycles. The van der Waals surface area contributed by atoms with E-state index < -0.39 is 5.82 Å². The molecule has 0 unspecified atom stereocenters. The molecule has 5 heteroatoms. The van der Waals surface area contributed by atoms with Crippen molar-refractivity contribution < 1.29 is 4.39 Å². The van der Waals surface area contributed by atoms with Crippen molar-refractivity contribution in [3.8, 4) is 0 Å². The smallest absolute Gasteiger partial charge is 0.148 e. The molecule has 0 saturated heterocycles. The van der Waals surface area contributed by atoms with E-state index >= 15 is 0 Å². The monoisotopic (exact) mass is 279 g/mol. The number of aromatic nitrogens is 1. The number of hydrogen-bond donors (Lipinski definition) is 2. The van der Waals surface area contributed by atoms with E-state index in [9.17, 15) is 4.39 Å². The Kier molecular flexibility index (Phi) is 4.58. The van der Waals surface area contributed by atoms with Gasteiger partial charge in [0.25, 0.3) is 0 Å². The summed E-state index contributed by atoms with van der Waals surface area (Å²) in [7, 11) is 0. The maximum absolute atomic E-state index is 13.6. The fourth-order valence-corrected chi connectivity index (χ4v) is 1.74. The maximum atomic E-state index is 13.6. The van der Waals surface area contributed by atoms with E-state index in [4.69, 9.17) is 11.6 Å². The van der Waals surface area contributed by atoms with Crippen molar-refractivity contribution in [2.75, 3.05) is 17.2 Å². The highest BCUT2D eigenvalue weighted by Gasteiger charge is 2.04. The van der Waals surface area contributed by atoms with Crippen molar-refractivity contribution >= 4 is 28.9 Å². The molecule has 0 fully saturated rings. The largest absolute Gasteiger partial charge is 0.370 e. The average Bonchev–Trinajstić information content (AvgIpc) is 2.40. The Morgan fingerprint density at radius 2 is 2.00 bits per heavy atom. The third-order valence-corrected chi connectivity index (χ3v) is 2.73. The number of nitrogens with one attached hydrogen (secondary N) is 2. The first-order valence-electron chi connectivity index (χ1n) is 6.12. The Labute approximate surface area is 116 Å². The lowest BCUT2D eigenvalue weighted by molar-refractivity contribution is 0.632. The minimum absolute atomic E-state index is 0.351. The molecule has 1 aromatic carbocycles. The van der Waals surface area contributed by atoms with Crippen LogP contribution in [-0.4, -0.2) is 11.5 Å². The summed E-state index contributed by atoms with van der Waals surface area (Å²) in [6, 6.07) is 10.0. The van der Waals surface area contributed by atoms with Crippen molar-refractivity contribution in [2.24, 2.45) is 0 Å². The van der Waals surface area contributed by atoms with Crippen LogP contribution < -0.4 is 10.6 Å². The summed E-state index contributed by atoms with van der Waals surface area (Å²) in [5, 5.41) is 6.48. The van der Waals surface area contributed by atoms with Gasteiger partial charge in [-0.15, -0.1) is 0 Å². The van der Waals surface area contributed by atoms with Crippen LogP contribution in [0.3, 0.4) is 0 Å². The molecule has 1 heterocycles. The number of rotatable bonds is 5. The zero-order valence-electron chi connectivity index (χ0n) is 10.6. The fraction of sp³-hybridized carbons (Fsp3) is 0.214. The third kappa shape index (κ3) is 3.83. The van der Waals surface area contributed by atoms with Crippen molar-refractivity contribution in [1.29, 1.82) is 0 Å². The molecule has 1 aromatic heterocycles. The molecule has 100 valence electrons. The predicted octanol–water partition coefficient (Wildman–Crippen LogP) is 4.44. The van der Waals surface area contributed by atoms with E-state index in [2.05, 4.69) is 22.5 Å². The standard InChI is InChI=1S/C14H15ClFN3/c1-2-8-17-13-4-3-5-14(19-13)18-12-7-6-10(15)9-11(12)16/h3-7,9H,2,8H2,1H3,(H2,17,18,19). The molecule has 2 aromatic rings. The molecular weight excluding hydrogens is 265 g/mol. The van der Waals surface area contributed by atoms with Crippen molar-refractivity contribution in [3.63, 3.8) is 0 Å². The summed E-state index contributed by atoms with van der Waals surface area (Å²) in [5.41, 5.74) is 0.351. The van der Waals surface area contributed by atoms with Gasteiger partial charge in [0, 0.05) is 11.6 Å². The van der Waals surface area contributed by atoms with Crippen LogP contribution >= 0.6 is 11.6 Å². The minimum atomic E-state index is -0.402. The van der Waals surface area contributed by atoms with Gasteiger partial charge in [-0.1, -0.05) is 24.6 Å². The third-order valence-electron chi connectivity index (χ3n) is 2.50. The number of nitrogens with zero attached hydrogens (tertiary/aromatic N) is 1. The van der Waals surface area contributed by atoms with Gasteiger partial charge in [-0.25, -0.2) is 9.37 Å². The second-order valence-corrected chi connectivity index (χ2v) is 4.52. The molecule has 0 saturated carbocycles. The molecule has 2 N–H and O–H groups in total. The normalized spacial score (nSPS) is 10.3. The quantitative estimate of drug-likeness (QED) is 0.849. The van der Waals surface area contributed by atoms with Crippen LogP contribution in [0.2, 0.25) is 5.02 Å². The first kappa shape index (κ1) is 13.6. The Bertz CT molecular complexity index is 560. The summed E-state index contributed by atoms with van der Waals surface area (Å²) in [6.45, 7) is 2.93. The van der Waals surface area contributed by atoms with Gasteiger partial charge in [0.2, 0.25) is 0 Å². The van der Waals surface area contributed by atoms with Crippen molar-refractivity contribution in [1.82, 2.24) is 4.98 Å². The van der Waals surface area contributed by atoms with E-state index in [1.165, 1.54) is 6.07 Å². The van der Waals surface area contributed by atoms with Gasteiger partial charge < -0.3 is 10.6 Å². The molecule has 0 spiro atoms. The second kappa shape index (κ2) is 6.38. The van der Waals surface area contributed by atoms with Gasteiger partial charge in [0.05, 0.1) is 5.69 Å². The zero-order chi connectivity index (χ0) is 13.7. The van der Waals surface area contributed by atoms with Gasteiger partial charge in [-0.2, -0.15) is 0 Å². The lowest BCUT2D eigenvalue weighted by Gasteiger charge is -2.09. The lowest BCUT2D eigenvalue weighted by atomic mass is 10.3. The van der Waals surface area contributed by atoms with Crippen molar-refractivity contribution in [2.45, 2.75) is 13.3 Å². The molecule has 3 nitrogen and oxygen atoms in total. The second-order valence-electron chi connectivity index (χ2n) is 4.08. The maximum Gasteiger partial charge on any atom is 0.148 e. The Morgan fingerprint density at radius 3 is 2.74 bits per heavy atom. The molecule has 0 amide bonds. The molecule has 19 heavy (non-hydrogen) atoms. The van der Waals surface area contributed by atoms with Gasteiger partial charge in [-0.05, 0) is 36.8 Å². The molecule has 0 aliphatic rings. The van der Waals surface area contributed by atoms with Gasteiger partial charge in [-0.3, -0.25) is 0 Å². The molecular formula is C14H15ClFN3. The molecule has 0 bridgehead atoms. The van der Waals surface area contributed by atoms with Crippen LogP contribution in [0.1, 0.15) is 13.3 Å². The van der Waals surface area contributed by atoms with Crippen LogP contribution in [0.4, 0.5) is 21.7 Å². The highest BCUT2D eigenvalue weighted by atomic mass is 35.5.